The van der Waals surface area contributed by atoms with Gasteiger partial charge in [0, 0.05) is 6.42 Å². The summed E-state index contributed by atoms with van der Waals surface area (Å²) in [7, 11) is -1.89. The monoisotopic (exact) mass is 471 g/mol. The molecule has 0 radical (unpaired) electrons. The molecule has 2 aromatic carbocycles. The van der Waals surface area contributed by atoms with Gasteiger partial charge in [0.2, 0.25) is 5.72 Å². The van der Waals surface area contributed by atoms with Gasteiger partial charge in [0.1, 0.15) is 5.60 Å². The zero-order valence-electron chi connectivity index (χ0n) is 21.0. The van der Waals surface area contributed by atoms with Crippen LogP contribution in [0.2, 0.25) is 5.04 Å². The average Bonchev–Trinajstić information content (AvgIpc) is 2.75. The second-order valence-electron chi connectivity index (χ2n) is 10.1. The Hall–Kier alpha value is -2.64. The third-order valence-corrected chi connectivity index (χ3v) is 10.5. The predicted molar refractivity (Wildman–Crippen MR) is 133 cm³/mol. The molecule has 0 aliphatic carbocycles. The molecule has 7 heteroatoms. The molecule has 0 aliphatic heterocycles. The molecule has 2 aromatic rings. The van der Waals surface area contributed by atoms with Gasteiger partial charge in [-0.3, -0.25) is 5.32 Å². The third-order valence-electron chi connectivity index (χ3n) is 5.46. The van der Waals surface area contributed by atoms with Crippen molar-refractivity contribution in [3.8, 4) is 0 Å². The van der Waals surface area contributed by atoms with Gasteiger partial charge in [0.05, 0.1) is 7.11 Å². The number of hydrogen-bond acceptors (Lipinski definition) is 5. The van der Waals surface area contributed by atoms with Gasteiger partial charge in [-0.05, 0) is 36.2 Å². The number of carbonyl (C=O) groups excluding carboxylic acids is 2. The smallest absolute Gasteiger partial charge is 0.410 e. The molecule has 1 unspecified atom stereocenters. The summed E-state index contributed by atoms with van der Waals surface area (Å²) < 4.78 is 17.6. The highest BCUT2D eigenvalue weighted by atomic mass is 28.4. The van der Waals surface area contributed by atoms with Crippen molar-refractivity contribution in [1.29, 1.82) is 0 Å². The van der Waals surface area contributed by atoms with Crippen molar-refractivity contribution in [3.05, 3.63) is 60.7 Å². The van der Waals surface area contributed by atoms with Crippen LogP contribution in [0.1, 0.15) is 54.9 Å². The fraction of sp³-hybridized carbons (Fsp3) is 0.462. The Bertz CT molecular complexity index is 895. The van der Waals surface area contributed by atoms with Gasteiger partial charge in [-0.2, -0.15) is 0 Å². The summed E-state index contributed by atoms with van der Waals surface area (Å²) in [6.45, 7) is 13.4. The molecule has 6 nitrogen and oxygen atoms in total. The number of esters is 1. The van der Waals surface area contributed by atoms with Crippen molar-refractivity contribution in [2.75, 3.05) is 7.11 Å². The number of rotatable bonds is 7. The first-order valence-electron chi connectivity index (χ1n) is 11.2. The summed E-state index contributed by atoms with van der Waals surface area (Å²) in [4.78, 5) is 26.1. The van der Waals surface area contributed by atoms with Crippen LogP contribution in [0.25, 0.3) is 0 Å². The second kappa shape index (κ2) is 10.1. The lowest BCUT2D eigenvalue weighted by molar-refractivity contribution is -0.163. The number of methoxy groups -OCH3 is 1. The van der Waals surface area contributed by atoms with Gasteiger partial charge in [-0.25, -0.2) is 9.59 Å². The lowest BCUT2D eigenvalue weighted by atomic mass is 10.1. The van der Waals surface area contributed by atoms with Crippen LogP contribution in [-0.2, 0) is 18.7 Å². The maximum atomic E-state index is 13.2. The molecule has 0 heterocycles. The fourth-order valence-electron chi connectivity index (χ4n) is 3.97. The van der Waals surface area contributed by atoms with Crippen LogP contribution in [0.4, 0.5) is 4.79 Å². The first-order valence-corrected chi connectivity index (χ1v) is 13.1. The lowest BCUT2D eigenvalue weighted by Gasteiger charge is -2.48. The van der Waals surface area contributed by atoms with Gasteiger partial charge in [-0.15, -0.1) is 0 Å². The Kier molecular flexibility index (Phi) is 8.14. The zero-order valence-corrected chi connectivity index (χ0v) is 22.0. The van der Waals surface area contributed by atoms with Crippen molar-refractivity contribution in [3.63, 3.8) is 0 Å². The van der Waals surface area contributed by atoms with Crippen molar-refractivity contribution < 1.29 is 23.5 Å². The summed E-state index contributed by atoms with van der Waals surface area (Å²) in [5.41, 5.74) is -2.47. The normalized spacial score (nSPS) is 14.2. The molecular formula is C26H37NO5Si. The highest BCUT2D eigenvalue weighted by Crippen LogP contribution is 2.39. The van der Waals surface area contributed by atoms with E-state index in [-0.39, 0.29) is 6.42 Å². The minimum Gasteiger partial charge on any atom is -0.465 e. The maximum Gasteiger partial charge on any atom is 0.410 e. The summed E-state index contributed by atoms with van der Waals surface area (Å²) in [5.74, 6) is -0.677. The Morgan fingerprint density at radius 3 is 1.64 bits per heavy atom. The molecule has 1 atom stereocenters. The van der Waals surface area contributed by atoms with E-state index in [1.54, 1.807) is 27.7 Å². The first-order chi connectivity index (χ1) is 15.3. The zero-order chi connectivity index (χ0) is 24.9. The Labute approximate surface area is 198 Å². The molecule has 2 rings (SSSR count). The maximum absolute atomic E-state index is 13.2. The first kappa shape index (κ1) is 26.6. The van der Waals surface area contributed by atoms with Gasteiger partial charge in [0.15, 0.2) is 0 Å². The van der Waals surface area contributed by atoms with E-state index in [0.717, 1.165) is 10.4 Å². The minimum atomic E-state index is -3.18. The molecule has 33 heavy (non-hydrogen) atoms. The molecule has 0 fully saturated rings. The van der Waals surface area contributed by atoms with Crippen molar-refractivity contribution in [2.45, 2.75) is 71.3 Å². The van der Waals surface area contributed by atoms with Gasteiger partial charge in [-0.1, -0.05) is 88.4 Å². The van der Waals surface area contributed by atoms with E-state index in [1.807, 2.05) is 60.7 Å². The molecule has 0 aliphatic rings. The molecule has 0 saturated heterocycles. The van der Waals surface area contributed by atoms with Crippen LogP contribution in [0.15, 0.2) is 60.7 Å². The summed E-state index contributed by atoms with van der Waals surface area (Å²) in [6.07, 6.45) is -0.587. The van der Waals surface area contributed by atoms with Crippen molar-refractivity contribution >= 4 is 30.8 Å². The Morgan fingerprint density at radius 2 is 1.30 bits per heavy atom. The number of amides is 1. The number of hydrogen-bond donors (Lipinski definition) is 1. The topological polar surface area (TPSA) is 73.9 Å². The van der Waals surface area contributed by atoms with Gasteiger partial charge in [0.25, 0.3) is 8.32 Å². The van der Waals surface area contributed by atoms with E-state index in [4.69, 9.17) is 13.9 Å². The van der Waals surface area contributed by atoms with Crippen LogP contribution in [0.3, 0.4) is 0 Å². The van der Waals surface area contributed by atoms with Crippen LogP contribution in [-0.4, -0.2) is 38.8 Å². The average molecular weight is 472 g/mol. The highest BCUT2D eigenvalue weighted by Gasteiger charge is 2.57. The van der Waals surface area contributed by atoms with E-state index in [0.29, 0.717) is 0 Å². The summed E-state index contributed by atoms with van der Waals surface area (Å²) >= 11 is 0. The van der Waals surface area contributed by atoms with Gasteiger partial charge >= 0.3 is 12.1 Å². The van der Waals surface area contributed by atoms with Crippen LogP contribution in [0.5, 0.6) is 0 Å². The van der Waals surface area contributed by atoms with Crippen molar-refractivity contribution in [2.24, 2.45) is 0 Å². The van der Waals surface area contributed by atoms with E-state index < -0.39 is 36.7 Å². The van der Waals surface area contributed by atoms with E-state index >= 15 is 0 Å². The van der Waals surface area contributed by atoms with Crippen LogP contribution >= 0.6 is 0 Å². The van der Waals surface area contributed by atoms with E-state index in [2.05, 4.69) is 26.1 Å². The fourth-order valence-corrected chi connectivity index (χ4v) is 8.70. The summed E-state index contributed by atoms with van der Waals surface area (Å²) in [6, 6.07) is 19.8. The number of alkyl carbamates (subject to hydrolysis) is 1. The van der Waals surface area contributed by atoms with Crippen LogP contribution in [0, 0.1) is 0 Å². The largest absolute Gasteiger partial charge is 0.465 e. The lowest BCUT2D eigenvalue weighted by Crippen LogP contribution is -2.73. The molecular weight excluding hydrogens is 434 g/mol. The minimum absolute atomic E-state index is 0.156. The molecule has 0 bridgehead atoms. The Morgan fingerprint density at radius 1 is 0.848 bits per heavy atom. The molecule has 0 aromatic heterocycles. The molecule has 0 saturated carbocycles. The van der Waals surface area contributed by atoms with E-state index in [9.17, 15) is 9.59 Å². The van der Waals surface area contributed by atoms with Gasteiger partial charge < -0.3 is 13.9 Å². The number of ether oxygens (including phenoxy) is 2. The Balaban J connectivity index is 2.78. The molecule has 1 amide bonds. The van der Waals surface area contributed by atoms with Crippen LogP contribution < -0.4 is 15.7 Å². The quantitative estimate of drug-likeness (QED) is 0.369. The molecule has 0 spiro atoms. The van der Waals surface area contributed by atoms with Crippen molar-refractivity contribution in [1.82, 2.24) is 5.32 Å². The van der Waals surface area contributed by atoms with E-state index in [1.165, 1.54) is 7.11 Å². The summed E-state index contributed by atoms with van der Waals surface area (Å²) in [5, 5.41) is 4.29. The molecule has 1 N–H and O–H groups in total. The number of benzene rings is 2. The molecule has 180 valence electrons. The standard InChI is InChI=1S/C26H37NO5Si/c1-9-26(22(28)30-8,27-23(29)31-24(2,3)4)32-33(25(5,6)7,20-16-12-10-13-17-20)21-18-14-11-15-19-21/h10-19H,9H2,1-8H3,(H,27,29). The number of nitrogens with one attached hydrogen (secondary N) is 1. The SMILES string of the molecule is CCC(NC(=O)OC(C)(C)C)(O[Si](c1ccccc1)(c1ccccc1)C(C)(C)C)C(=O)OC. The second-order valence-corrected chi connectivity index (χ2v) is 14.3. The highest BCUT2D eigenvalue weighted by molar-refractivity contribution is 6.99. The number of carbonyl (C=O) groups is 2. The predicted octanol–water partition coefficient (Wildman–Crippen LogP) is 4.37. The third kappa shape index (κ3) is 5.84.